The van der Waals surface area contributed by atoms with E-state index in [2.05, 4.69) is 15.6 Å². The van der Waals surface area contributed by atoms with Crippen LogP contribution in [0.4, 0.5) is 11.4 Å². The molecule has 25 heavy (non-hydrogen) atoms. The van der Waals surface area contributed by atoms with Crippen LogP contribution < -0.4 is 15.4 Å². The first kappa shape index (κ1) is 17.2. The van der Waals surface area contributed by atoms with E-state index in [1.807, 2.05) is 37.3 Å². The lowest BCUT2D eigenvalue weighted by molar-refractivity contribution is 0.0854. The van der Waals surface area contributed by atoms with Crippen LogP contribution in [-0.2, 0) is 4.74 Å². The van der Waals surface area contributed by atoms with Gasteiger partial charge in [-0.1, -0.05) is 0 Å². The number of carbonyl (C=O) groups is 1. The number of carbonyl (C=O) groups excluding carboxylic acids is 1. The Morgan fingerprint density at radius 1 is 1.28 bits per heavy atom. The zero-order valence-corrected chi connectivity index (χ0v) is 14.3. The second kappa shape index (κ2) is 8.48. The van der Waals surface area contributed by atoms with Crippen LogP contribution in [0.15, 0.2) is 42.6 Å². The summed E-state index contributed by atoms with van der Waals surface area (Å²) in [4.78, 5) is 16.4. The molecule has 1 aromatic heterocycles. The lowest BCUT2D eigenvalue weighted by Crippen LogP contribution is -2.32. The van der Waals surface area contributed by atoms with Gasteiger partial charge in [-0.05, 0) is 56.2 Å². The molecule has 0 radical (unpaired) electrons. The van der Waals surface area contributed by atoms with Crippen molar-refractivity contribution in [2.24, 2.45) is 0 Å². The van der Waals surface area contributed by atoms with E-state index in [1.54, 1.807) is 12.3 Å². The van der Waals surface area contributed by atoms with Crippen molar-refractivity contribution >= 4 is 17.3 Å². The van der Waals surface area contributed by atoms with E-state index in [0.717, 1.165) is 36.6 Å². The van der Waals surface area contributed by atoms with Crippen LogP contribution in [0.5, 0.6) is 5.75 Å². The van der Waals surface area contributed by atoms with E-state index >= 15 is 0 Å². The van der Waals surface area contributed by atoms with Gasteiger partial charge in [-0.2, -0.15) is 0 Å². The first-order valence-electron chi connectivity index (χ1n) is 8.60. The number of anilines is 2. The van der Waals surface area contributed by atoms with Crippen LogP contribution in [0.2, 0.25) is 0 Å². The number of nitrogens with zero attached hydrogens (tertiary/aromatic N) is 1. The van der Waals surface area contributed by atoms with Gasteiger partial charge in [-0.15, -0.1) is 0 Å². The molecule has 1 amide bonds. The molecule has 6 heteroatoms. The summed E-state index contributed by atoms with van der Waals surface area (Å²) in [7, 11) is 0. The van der Waals surface area contributed by atoms with Gasteiger partial charge >= 0.3 is 0 Å². The number of rotatable bonds is 7. The van der Waals surface area contributed by atoms with Crippen molar-refractivity contribution < 1.29 is 14.3 Å². The molecular formula is C19H23N3O3. The minimum absolute atomic E-state index is 0.120. The minimum atomic E-state index is -0.189. The number of nitrogens with one attached hydrogen (secondary N) is 2. The predicted molar refractivity (Wildman–Crippen MR) is 96.4 cm³/mol. The quantitative estimate of drug-likeness (QED) is 0.809. The van der Waals surface area contributed by atoms with E-state index in [-0.39, 0.29) is 12.0 Å². The molecule has 2 N–H and O–H groups in total. The summed E-state index contributed by atoms with van der Waals surface area (Å²) in [5.74, 6) is 0.642. The first-order valence-corrected chi connectivity index (χ1v) is 8.60. The molecule has 1 saturated heterocycles. The average Bonchev–Trinajstić information content (AvgIpc) is 3.15. The first-order chi connectivity index (χ1) is 12.2. The second-order valence-electron chi connectivity index (χ2n) is 5.86. The molecular weight excluding hydrogens is 318 g/mol. The van der Waals surface area contributed by atoms with E-state index in [4.69, 9.17) is 9.47 Å². The normalized spacial score (nSPS) is 16.4. The fraction of sp³-hybridized carbons (Fsp3) is 0.368. The van der Waals surface area contributed by atoms with Gasteiger partial charge in [0.15, 0.2) is 0 Å². The summed E-state index contributed by atoms with van der Waals surface area (Å²) >= 11 is 0. The van der Waals surface area contributed by atoms with Gasteiger partial charge in [0.05, 0.1) is 12.7 Å². The zero-order valence-electron chi connectivity index (χ0n) is 14.3. The Bertz CT molecular complexity index is 697. The number of pyridine rings is 1. The third-order valence-corrected chi connectivity index (χ3v) is 3.96. The van der Waals surface area contributed by atoms with Crippen molar-refractivity contribution in [3.05, 3.63) is 48.3 Å². The van der Waals surface area contributed by atoms with E-state index in [0.29, 0.717) is 18.8 Å². The molecule has 6 nitrogen and oxygen atoms in total. The van der Waals surface area contributed by atoms with Gasteiger partial charge in [0.2, 0.25) is 0 Å². The molecule has 0 bridgehead atoms. The third-order valence-electron chi connectivity index (χ3n) is 3.96. The summed E-state index contributed by atoms with van der Waals surface area (Å²) in [5.41, 5.74) is 2.11. The Labute approximate surface area is 147 Å². The van der Waals surface area contributed by atoms with Crippen molar-refractivity contribution in [1.29, 1.82) is 0 Å². The molecule has 1 atom stereocenters. The van der Waals surface area contributed by atoms with E-state index < -0.39 is 0 Å². The van der Waals surface area contributed by atoms with Crippen LogP contribution in [0, 0.1) is 0 Å². The van der Waals surface area contributed by atoms with E-state index in [9.17, 15) is 4.79 Å². The van der Waals surface area contributed by atoms with Gasteiger partial charge < -0.3 is 20.1 Å². The highest BCUT2D eigenvalue weighted by atomic mass is 16.5. The lowest BCUT2D eigenvalue weighted by atomic mass is 10.2. The standard InChI is InChI=1S/C19H23N3O3/c1-2-24-16-7-5-14(6-8-16)22-15-9-10-20-18(12-15)19(23)21-13-17-4-3-11-25-17/h5-10,12,17H,2-4,11,13H2,1H3,(H,20,22)(H,21,23). The Morgan fingerprint density at radius 3 is 2.84 bits per heavy atom. The fourth-order valence-electron chi connectivity index (χ4n) is 2.70. The van der Waals surface area contributed by atoms with Crippen LogP contribution in [0.25, 0.3) is 0 Å². The minimum Gasteiger partial charge on any atom is -0.494 e. The highest BCUT2D eigenvalue weighted by Gasteiger charge is 2.17. The number of benzene rings is 1. The van der Waals surface area contributed by atoms with Crippen LogP contribution in [-0.4, -0.2) is 36.8 Å². The summed E-state index contributed by atoms with van der Waals surface area (Å²) in [6, 6.07) is 11.2. The summed E-state index contributed by atoms with van der Waals surface area (Å²) in [6.07, 6.45) is 3.79. The largest absolute Gasteiger partial charge is 0.494 e. The number of aromatic nitrogens is 1. The van der Waals surface area contributed by atoms with Crippen molar-refractivity contribution in [2.45, 2.75) is 25.9 Å². The molecule has 0 spiro atoms. The second-order valence-corrected chi connectivity index (χ2v) is 5.86. The fourth-order valence-corrected chi connectivity index (χ4v) is 2.70. The monoisotopic (exact) mass is 341 g/mol. The van der Waals surface area contributed by atoms with Crippen LogP contribution in [0.1, 0.15) is 30.3 Å². The topological polar surface area (TPSA) is 72.5 Å². The Morgan fingerprint density at radius 2 is 2.12 bits per heavy atom. The molecule has 2 heterocycles. The molecule has 1 aliphatic rings. The average molecular weight is 341 g/mol. The van der Waals surface area contributed by atoms with Crippen molar-refractivity contribution in [1.82, 2.24) is 10.3 Å². The molecule has 1 unspecified atom stereocenters. The molecule has 0 aliphatic carbocycles. The molecule has 0 saturated carbocycles. The van der Waals surface area contributed by atoms with Gasteiger partial charge in [0.25, 0.3) is 5.91 Å². The highest BCUT2D eigenvalue weighted by molar-refractivity contribution is 5.93. The van der Waals surface area contributed by atoms with Crippen molar-refractivity contribution in [3.8, 4) is 5.75 Å². The summed E-state index contributed by atoms with van der Waals surface area (Å²) < 4.78 is 10.9. The van der Waals surface area contributed by atoms with Crippen molar-refractivity contribution in [2.75, 3.05) is 25.1 Å². The maximum absolute atomic E-state index is 12.2. The number of hydrogen-bond acceptors (Lipinski definition) is 5. The Hall–Kier alpha value is -2.60. The number of hydrogen-bond donors (Lipinski definition) is 2. The smallest absolute Gasteiger partial charge is 0.270 e. The van der Waals surface area contributed by atoms with Gasteiger partial charge in [0, 0.05) is 30.7 Å². The molecule has 1 aliphatic heterocycles. The van der Waals surface area contributed by atoms with Crippen molar-refractivity contribution in [3.63, 3.8) is 0 Å². The van der Waals surface area contributed by atoms with Gasteiger partial charge in [0.1, 0.15) is 11.4 Å². The molecule has 3 rings (SSSR count). The van der Waals surface area contributed by atoms with Crippen LogP contribution in [0.3, 0.4) is 0 Å². The molecule has 1 aromatic carbocycles. The highest BCUT2D eigenvalue weighted by Crippen LogP contribution is 2.20. The maximum Gasteiger partial charge on any atom is 0.270 e. The van der Waals surface area contributed by atoms with Gasteiger partial charge in [-0.25, -0.2) is 0 Å². The third kappa shape index (κ3) is 4.93. The Balaban J connectivity index is 1.59. The maximum atomic E-state index is 12.2. The van der Waals surface area contributed by atoms with E-state index in [1.165, 1.54) is 0 Å². The predicted octanol–water partition coefficient (Wildman–Crippen LogP) is 3.13. The SMILES string of the molecule is CCOc1ccc(Nc2ccnc(C(=O)NCC3CCCO3)c2)cc1. The summed E-state index contributed by atoms with van der Waals surface area (Å²) in [6.45, 7) is 3.90. The molecule has 2 aromatic rings. The zero-order chi connectivity index (χ0) is 17.5. The number of amides is 1. The van der Waals surface area contributed by atoms with Gasteiger partial charge in [-0.3, -0.25) is 9.78 Å². The Kier molecular flexibility index (Phi) is 5.85. The molecule has 1 fully saturated rings. The molecule has 132 valence electrons. The van der Waals surface area contributed by atoms with Crippen LogP contribution >= 0.6 is 0 Å². The lowest BCUT2D eigenvalue weighted by Gasteiger charge is -2.11. The summed E-state index contributed by atoms with van der Waals surface area (Å²) in [5, 5.41) is 6.15. The number of ether oxygens (including phenoxy) is 2.